The number of allylic oxidation sites excluding steroid dienone is 2. The van der Waals surface area contributed by atoms with Gasteiger partial charge in [-0.1, -0.05) is 81.4 Å². The third kappa shape index (κ3) is 4.38. The van der Waals surface area contributed by atoms with E-state index in [0.717, 1.165) is 10.4 Å². The van der Waals surface area contributed by atoms with E-state index in [2.05, 4.69) is 49.2 Å². The predicted molar refractivity (Wildman–Crippen MR) is 123 cm³/mol. The summed E-state index contributed by atoms with van der Waals surface area (Å²) in [4.78, 5) is 0. The largest absolute Gasteiger partial charge is 0.534 e. The van der Waals surface area contributed by atoms with Crippen LogP contribution in [0.2, 0.25) is 5.04 Å². The van der Waals surface area contributed by atoms with E-state index in [0.29, 0.717) is 6.61 Å². The van der Waals surface area contributed by atoms with Gasteiger partial charge in [0.1, 0.15) is 5.76 Å². The number of hydrogen-bond acceptors (Lipinski definition) is 4. The summed E-state index contributed by atoms with van der Waals surface area (Å²) in [5.41, 5.74) is -5.42. The van der Waals surface area contributed by atoms with Gasteiger partial charge in [0.2, 0.25) is 0 Å². The van der Waals surface area contributed by atoms with Crippen molar-refractivity contribution in [2.75, 3.05) is 6.61 Å². The van der Waals surface area contributed by atoms with Gasteiger partial charge in [0.25, 0.3) is 8.32 Å². The highest BCUT2D eigenvalue weighted by Crippen LogP contribution is 2.57. The topological polar surface area (TPSA) is 52.6 Å². The van der Waals surface area contributed by atoms with Gasteiger partial charge in [0, 0.05) is 13.0 Å². The van der Waals surface area contributed by atoms with Crippen molar-refractivity contribution in [3.05, 3.63) is 72.5 Å². The van der Waals surface area contributed by atoms with Crippen LogP contribution < -0.4 is 10.4 Å². The molecule has 0 N–H and O–H groups in total. The fraction of sp³-hybridized carbons (Fsp3) is 0.417. The Balaban J connectivity index is 1.55. The van der Waals surface area contributed by atoms with E-state index in [4.69, 9.17) is 4.43 Å². The second-order valence-corrected chi connectivity index (χ2v) is 15.5. The molecule has 2 aliphatic rings. The van der Waals surface area contributed by atoms with Crippen molar-refractivity contribution < 1.29 is 30.2 Å². The van der Waals surface area contributed by atoms with Gasteiger partial charge in [-0.2, -0.15) is 21.6 Å². The summed E-state index contributed by atoms with van der Waals surface area (Å²) >= 11 is 0. The van der Waals surface area contributed by atoms with E-state index in [1.165, 1.54) is 6.08 Å². The Hall–Kier alpha value is -2.10. The minimum atomic E-state index is -5.62. The first-order valence-electron chi connectivity index (χ1n) is 10.8. The Kier molecular flexibility index (Phi) is 6.03. The lowest BCUT2D eigenvalue weighted by atomic mass is 10.2. The Morgan fingerprint density at radius 1 is 0.939 bits per heavy atom. The summed E-state index contributed by atoms with van der Waals surface area (Å²) in [6, 6.07) is 20.4. The molecule has 0 amide bonds. The Labute approximate surface area is 193 Å². The maximum atomic E-state index is 12.6. The van der Waals surface area contributed by atoms with E-state index >= 15 is 0 Å². The molecule has 1 saturated carbocycles. The standard InChI is InChI=1S/C24H27F3O4SSi/c1-23(2,3)33(18-10-6-4-7-11-18,19-12-8-5-9-13-19)30-16-22-20-14-17(15-21(20)22)31-32(28,29)24(25,26)27/h4-14,20-22H,15-16H2,1-3H3/t20-,21+,22+/m0/s1. The zero-order valence-corrected chi connectivity index (χ0v) is 20.5. The molecular weight excluding hydrogens is 469 g/mol. The average Bonchev–Trinajstić information content (AvgIpc) is 3.19. The zero-order chi connectivity index (χ0) is 24.1. The fourth-order valence-electron chi connectivity index (χ4n) is 4.99. The van der Waals surface area contributed by atoms with Gasteiger partial charge in [-0.25, -0.2) is 0 Å². The summed E-state index contributed by atoms with van der Waals surface area (Å²) < 4.78 is 71.6. The number of fused-ring (bicyclic) bond motifs is 1. The Morgan fingerprint density at radius 2 is 1.45 bits per heavy atom. The van der Waals surface area contributed by atoms with Crippen LogP contribution in [0.3, 0.4) is 0 Å². The molecule has 0 heterocycles. The van der Waals surface area contributed by atoms with E-state index < -0.39 is 23.9 Å². The number of hydrogen-bond donors (Lipinski definition) is 0. The molecule has 1 fully saturated rings. The van der Waals surface area contributed by atoms with Crippen molar-refractivity contribution in [2.24, 2.45) is 17.8 Å². The van der Waals surface area contributed by atoms with Gasteiger partial charge >= 0.3 is 15.6 Å². The second kappa shape index (κ2) is 8.28. The molecule has 0 aliphatic heterocycles. The molecule has 0 bridgehead atoms. The van der Waals surface area contributed by atoms with Crippen LogP contribution in [0.4, 0.5) is 13.2 Å². The van der Waals surface area contributed by atoms with Crippen molar-refractivity contribution in [2.45, 2.75) is 37.7 Å². The summed E-state index contributed by atoms with van der Waals surface area (Å²) in [6.07, 6.45) is 1.70. The summed E-state index contributed by atoms with van der Waals surface area (Å²) in [5, 5.41) is 2.14. The average molecular weight is 497 g/mol. The number of rotatable bonds is 7. The normalized spacial score (nSPS) is 23.1. The van der Waals surface area contributed by atoms with E-state index in [1.54, 1.807) is 0 Å². The van der Waals surface area contributed by atoms with Crippen LogP contribution in [0.5, 0.6) is 0 Å². The van der Waals surface area contributed by atoms with E-state index in [-0.39, 0.29) is 35.0 Å². The third-order valence-electron chi connectivity index (χ3n) is 6.62. The molecule has 4 rings (SSSR count). The summed E-state index contributed by atoms with van der Waals surface area (Å²) in [7, 11) is -8.32. The highest BCUT2D eigenvalue weighted by molar-refractivity contribution is 7.87. The van der Waals surface area contributed by atoms with E-state index in [9.17, 15) is 21.6 Å². The van der Waals surface area contributed by atoms with Crippen LogP contribution in [0.1, 0.15) is 27.2 Å². The molecule has 2 aromatic rings. The second-order valence-electron chi connectivity index (χ2n) is 9.70. The quantitative estimate of drug-likeness (QED) is 0.320. The molecule has 0 aromatic heterocycles. The molecule has 4 nitrogen and oxygen atoms in total. The molecule has 0 unspecified atom stereocenters. The lowest BCUT2D eigenvalue weighted by Crippen LogP contribution is -2.66. The van der Waals surface area contributed by atoms with Gasteiger partial charge in [-0.05, 0) is 39.2 Å². The molecule has 33 heavy (non-hydrogen) atoms. The first-order valence-corrected chi connectivity index (χ1v) is 14.1. The van der Waals surface area contributed by atoms with Crippen molar-refractivity contribution in [3.63, 3.8) is 0 Å². The molecule has 0 radical (unpaired) electrons. The predicted octanol–water partition coefficient (Wildman–Crippen LogP) is 4.58. The number of alkyl halides is 3. The minimum absolute atomic E-state index is 0.0263. The van der Waals surface area contributed by atoms with Crippen LogP contribution in [0.15, 0.2) is 72.5 Å². The zero-order valence-electron chi connectivity index (χ0n) is 18.7. The van der Waals surface area contributed by atoms with Crippen LogP contribution in [-0.4, -0.2) is 28.9 Å². The maximum absolute atomic E-state index is 12.6. The molecular formula is C24H27F3O4SSi. The van der Waals surface area contributed by atoms with Gasteiger partial charge in [0.05, 0.1) is 0 Å². The SMILES string of the molecule is CC(C)(C)[Si](OC[C@@H]1[C@H]2C=C(OS(=O)(=O)C(F)(F)F)C[C@H]21)(c1ccccc1)c1ccccc1. The summed E-state index contributed by atoms with van der Waals surface area (Å²) in [6.45, 7) is 7.00. The smallest absolute Gasteiger partial charge is 0.407 e. The van der Waals surface area contributed by atoms with Crippen molar-refractivity contribution in [1.29, 1.82) is 0 Å². The number of halogens is 3. The van der Waals surface area contributed by atoms with E-state index in [1.807, 2.05) is 36.4 Å². The third-order valence-corrected chi connectivity index (χ3v) is 12.6. The fourth-order valence-corrected chi connectivity index (χ4v) is 10.1. The molecule has 178 valence electrons. The van der Waals surface area contributed by atoms with Gasteiger partial charge < -0.3 is 8.61 Å². The Morgan fingerprint density at radius 3 is 1.85 bits per heavy atom. The molecule has 0 saturated heterocycles. The molecule has 3 atom stereocenters. The molecule has 2 aromatic carbocycles. The van der Waals surface area contributed by atoms with Crippen molar-refractivity contribution >= 4 is 28.8 Å². The van der Waals surface area contributed by atoms with Crippen molar-refractivity contribution in [3.8, 4) is 0 Å². The van der Waals surface area contributed by atoms with Gasteiger partial charge in [-0.15, -0.1) is 0 Å². The Bertz CT molecular complexity index is 1090. The van der Waals surface area contributed by atoms with Crippen LogP contribution >= 0.6 is 0 Å². The summed E-state index contributed by atoms with van der Waals surface area (Å²) in [5.74, 6) is 0.0277. The van der Waals surface area contributed by atoms with Gasteiger partial charge in [0.15, 0.2) is 0 Å². The van der Waals surface area contributed by atoms with Crippen LogP contribution in [0.25, 0.3) is 0 Å². The lowest BCUT2D eigenvalue weighted by molar-refractivity contribution is -0.0523. The maximum Gasteiger partial charge on any atom is 0.534 e. The minimum Gasteiger partial charge on any atom is -0.407 e. The van der Waals surface area contributed by atoms with Crippen molar-refractivity contribution in [1.82, 2.24) is 0 Å². The highest BCUT2D eigenvalue weighted by atomic mass is 32.2. The van der Waals surface area contributed by atoms with Crippen LogP contribution in [0, 0.1) is 17.8 Å². The molecule has 2 aliphatic carbocycles. The first kappa shape index (κ1) is 24.0. The lowest BCUT2D eigenvalue weighted by Gasteiger charge is -2.43. The molecule has 9 heteroatoms. The molecule has 0 spiro atoms. The van der Waals surface area contributed by atoms with Gasteiger partial charge in [-0.3, -0.25) is 0 Å². The first-order chi connectivity index (χ1) is 15.4. The monoisotopic (exact) mass is 496 g/mol. The highest BCUT2D eigenvalue weighted by Gasteiger charge is 2.58. The van der Waals surface area contributed by atoms with Crippen LogP contribution in [-0.2, 0) is 18.7 Å². The number of benzene rings is 2.